The van der Waals surface area contributed by atoms with Gasteiger partial charge in [-0.25, -0.2) is 0 Å². The van der Waals surface area contributed by atoms with Gasteiger partial charge in [0.15, 0.2) is 0 Å². The van der Waals surface area contributed by atoms with Crippen LogP contribution in [0.4, 0.5) is 0 Å². The molecule has 2 heteroatoms. The molecule has 0 amide bonds. The summed E-state index contributed by atoms with van der Waals surface area (Å²) in [6, 6.07) is 0. The molecular weight excluding hydrogens is 158 g/mol. The molecule has 0 aromatic rings. The summed E-state index contributed by atoms with van der Waals surface area (Å²) in [5.41, 5.74) is 2.52. The van der Waals surface area contributed by atoms with Gasteiger partial charge in [-0.3, -0.25) is 4.99 Å². The van der Waals surface area contributed by atoms with E-state index in [0.717, 1.165) is 24.4 Å². The Morgan fingerprint density at radius 1 is 1.55 bits per heavy atom. The Morgan fingerprint density at radius 2 is 2.27 bits per heavy atom. The van der Waals surface area contributed by atoms with Crippen molar-refractivity contribution in [1.82, 2.24) is 0 Å². The Labute approximate surface area is 73.2 Å². The summed E-state index contributed by atoms with van der Waals surface area (Å²) in [4.78, 5) is 4.40. The first-order chi connectivity index (χ1) is 5.25. The van der Waals surface area contributed by atoms with Gasteiger partial charge >= 0.3 is 0 Å². The van der Waals surface area contributed by atoms with Crippen LogP contribution >= 0.6 is 11.6 Å². The van der Waals surface area contributed by atoms with Gasteiger partial charge in [-0.05, 0) is 38.7 Å². The van der Waals surface area contributed by atoms with Crippen molar-refractivity contribution < 1.29 is 0 Å². The molecule has 1 saturated carbocycles. The van der Waals surface area contributed by atoms with Crippen molar-refractivity contribution in [1.29, 1.82) is 0 Å². The highest BCUT2D eigenvalue weighted by Gasteiger charge is 2.16. The molecule has 1 nitrogen and oxygen atoms in total. The average molecular weight is 172 g/mol. The molecule has 0 saturated heterocycles. The van der Waals surface area contributed by atoms with E-state index in [9.17, 15) is 0 Å². The van der Waals surface area contributed by atoms with Gasteiger partial charge < -0.3 is 0 Å². The summed E-state index contributed by atoms with van der Waals surface area (Å²) >= 11 is 5.91. The van der Waals surface area contributed by atoms with Crippen LogP contribution in [0.3, 0.4) is 0 Å². The molecule has 0 unspecified atom stereocenters. The lowest BCUT2D eigenvalue weighted by atomic mass is 10.2. The van der Waals surface area contributed by atoms with Crippen LogP contribution in [-0.4, -0.2) is 12.3 Å². The van der Waals surface area contributed by atoms with E-state index in [4.69, 9.17) is 11.6 Å². The Hall–Kier alpha value is -0.300. The molecule has 0 bridgehead atoms. The molecule has 0 aliphatic heterocycles. The first-order valence-corrected chi connectivity index (χ1v) is 4.52. The zero-order chi connectivity index (χ0) is 8.27. The molecular formula is C9H14ClN. The third-order valence-electron chi connectivity index (χ3n) is 1.95. The molecule has 62 valence electrons. The summed E-state index contributed by atoms with van der Waals surface area (Å²) in [5, 5.41) is 0.926. The molecule has 1 aliphatic carbocycles. The van der Waals surface area contributed by atoms with Crippen LogP contribution < -0.4 is 0 Å². The van der Waals surface area contributed by atoms with Crippen molar-refractivity contribution in [2.45, 2.75) is 33.1 Å². The lowest BCUT2D eigenvalue weighted by molar-refractivity contribution is 0.942. The van der Waals surface area contributed by atoms with Gasteiger partial charge in [0.05, 0.1) is 0 Å². The van der Waals surface area contributed by atoms with Gasteiger partial charge in [-0.1, -0.05) is 11.6 Å². The van der Waals surface area contributed by atoms with Crippen LogP contribution in [-0.2, 0) is 0 Å². The van der Waals surface area contributed by atoms with Crippen molar-refractivity contribution >= 4 is 17.3 Å². The fraction of sp³-hybridized carbons (Fsp3) is 0.667. The monoisotopic (exact) mass is 171 g/mol. The molecule has 0 atom stereocenters. The van der Waals surface area contributed by atoms with E-state index >= 15 is 0 Å². The molecule has 0 aromatic carbocycles. The second kappa shape index (κ2) is 3.91. The summed E-state index contributed by atoms with van der Waals surface area (Å²) in [5.74, 6) is 0. The van der Waals surface area contributed by atoms with Gasteiger partial charge in [-0.15, -0.1) is 0 Å². The van der Waals surface area contributed by atoms with Crippen molar-refractivity contribution in [3.63, 3.8) is 0 Å². The van der Waals surface area contributed by atoms with E-state index in [0.29, 0.717) is 0 Å². The third kappa shape index (κ3) is 2.06. The van der Waals surface area contributed by atoms with Gasteiger partial charge in [0, 0.05) is 17.3 Å². The average Bonchev–Trinajstić information content (AvgIpc) is 2.36. The van der Waals surface area contributed by atoms with Gasteiger partial charge in [-0.2, -0.15) is 0 Å². The fourth-order valence-electron chi connectivity index (χ4n) is 1.46. The van der Waals surface area contributed by atoms with Crippen LogP contribution in [0.1, 0.15) is 33.1 Å². The van der Waals surface area contributed by atoms with E-state index in [2.05, 4.69) is 11.9 Å². The van der Waals surface area contributed by atoms with Crippen LogP contribution in [0.15, 0.2) is 15.6 Å². The van der Waals surface area contributed by atoms with Crippen molar-refractivity contribution in [3.05, 3.63) is 10.6 Å². The summed E-state index contributed by atoms with van der Waals surface area (Å²) < 4.78 is 0. The quantitative estimate of drug-likeness (QED) is 0.575. The van der Waals surface area contributed by atoms with Crippen molar-refractivity contribution in [3.8, 4) is 0 Å². The topological polar surface area (TPSA) is 12.4 Å². The Bertz CT molecular complexity index is 200. The molecule has 0 spiro atoms. The number of aliphatic imine (C=N–C) groups is 1. The minimum Gasteiger partial charge on any atom is -0.290 e. The number of hydrogen-bond acceptors (Lipinski definition) is 1. The summed E-state index contributed by atoms with van der Waals surface area (Å²) in [6.07, 6.45) is 3.46. The number of hydrogen-bond donors (Lipinski definition) is 0. The maximum Gasteiger partial charge on any atom is 0.0391 e. The first kappa shape index (κ1) is 8.79. The number of allylic oxidation sites excluding steroid dienone is 2. The van der Waals surface area contributed by atoms with Crippen molar-refractivity contribution in [2.75, 3.05) is 6.54 Å². The molecule has 0 heterocycles. The van der Waals surface area contributed by atoms with E-state index in [-0.39, 0.29) is 0 Å². The van der Waals surface area contributed by atoms with Gasteiger partial charge in [0.25, 0.3) is 0 Å². The molecule has 11 heavy (non-hydrogen) atoms. The second-order valence-corrected chi connectivity index (χ2v) is 3.35. The van der Waals surface area contributed by atoms with Crippen LogP contribution in [0, 0.1) is 0 Å². The van der Waals surface area contributed by atoms with E-state index in [1.165, 1.54) is 17.7 Å². The Morgan fingerprint density at radius 3 is 2.82 bits per heavy atom. The fourth-order valence-corrected chi connectivity index (χ4v) is 1.67. The normalized spacial score (nSPS) is 26.3. The molecule has 0 radical (unpaired) electrons. The standard InChI is InChI=1S/C9H14ClN/c1-3-11-9-6-4-5-8(9)7(2)10/h3-6H2,1-2H3/b8-7+,11-9?. The number of rotatable bonds is 1. The van der Waals surface area contributed by atoms with Crippen molar-refractivity contribution in [2.24, 2.45) is 4.99 Å². The second-order valence-electron chi connectivity index (χ2n) is 2.79. The minimum atomic E-state index is 0.878. The lowest BCUT2D eigenvalue weighted by Crippen LogP contribution is -1.95. The number of halogens is 1. The van der Waals surface area contributed by atoms with Crippen LogP contribution in [0.2, 0.25) is 0 Å². The molecule has 1 aliphatic rings. The predicted octanol–water partition coefficient (Wildman–Crippen LogP) is 3.14. The highest BCUT2D eigenvalue weighted by atomic mass is 35.5. The third-order valence-corrected chi connectivity index (χ3v) is 2.18. The minimum absolute atomic E-state index is 0.878. The molecule has 1 fully saturated rings. The Balaban J connectivity index is 2.82. The summed E-state index contributed by atoms with van der Waals surface area (Å²) in [7, 11) is 0. The number of nitrogens with zero attached hydrogens (tertiary/aromatic N) is 1. The molecule has 0 aromatic heterocycles. The van der Waals surface area contributed by atoms with Gasteiger partial charge in [0.2, 0.25) is 0 Å². The highest BCUT2D eigenvalue weighted by Crippen LogP contribution is 2.26. The van der Waals surface area contributed by atoms with Crippen LogP contribution in [0.25, 0.3) is 0 Å². The summed E-state index contributed by atoms with van der Waals surface area (Å²) in [6.45, 7) is 4.89. The maximum atomic E-state index is 5.91. The molecule has 0 N–H and O–H groups in total. The smallest absolute Gasteiger partial charge is 0.0391 e. The maximum absolute atomic E-state index is 5.91. The largest absolute Gasteiger partial charge is 0.290 e. The van der Waals surface area contributed by atoms with E-state index < -0.39 is 0 Å². The van der Waals surface area contributed by atoms with Gasteiger partial charge in [0.1, 0.15) is 0 Å². The van der Waals surface area contributed by atoms with E-state index in [1.807, 2.05) is 6.92 Å². The highest BCUT2D eigenvalue weighted by molar-refractivity contribution is 6.32. The zero-order valence-corrected chi connectivity index (χ0v) is 7.91. The Kier molecular flexibility index (Phi) is 3.13. The predicted molar refractivity (Wildman–Crippen MR) is 50.4 cm³/mol. The SMILES string of the molecule is CCN=C1CCC/C1=C(/C)Cl. The van der Waals surface area contributed by atoms with Crippen LogP contribution in [0.5, 0.6) is 0 Å². The zero-order valence-electron chi connectivity index (χ0n) is 7.15. The van der Waals surface area contributed by atoms with E-state index in [1.54, 1.807) is 0 Å². The first-order valence-electron chi connectivity index (χ1n) is 4.14. The molecule has 1 rings (SSSR count). The lowest BCUT2D eigenvalue weighted by Gasteiger charge is -1.99.